The van der Waals surface area contributed by atoms with Crippen molar-refractivity contribution in [3.8, 4) is 5.75 Å². The molecule has 0 saturated carbocycles. The van der Waals surface area contributed by atoms with Gasteiger partial charge in [-0.25, -0.2) is 0 Å². The molecule has 1 aromatic carbocycles. The van der Waals surface area contributed by atoms with Crippen LogP contribution in [-0.2, 0) is 19.1 Å². The Hall–Kier alpha value is -2.65. The Morgan fingerprint density at radius 3 is 2.38 bits per heavy atom. The largest absolute Gasteiger partial charge is 0.494 e. The highest BCUT2D eigenvalue weighted by molar-refractivity contribution is 6.02. The van der Waals surface area contributed by atoms with Crippen LogP contribution in [0.25, 0.3) is 0 Å². The number of fused-ring (bicyclic) bond motifs is 1. The second kappa shape index (κ2) is 9.91. The molecule has 3 heterocycles. The van der Waals surface area contributed by atoms with Crippen LogP contribution in [0.5, 0.6) is 5.75 Å². The number of benzene rings is 1. The lowest BCUT2D eigenvalue weighted by Gasteiger charge is -2.38. The van der Waals surface area contributed by atoms with Crippen molar-refractivity contribution in [2.24, 2.45) is 11.8 Å². The first kappa shape index (κ1) is 27.4. The second-order valence-electron chi connectivity index (χ2n) is 11.5. The lowest BCUT2D eigenvalue weighted by atomic mass is 9.65. The molecular formula is C28H41N3O6. The molecule has 3 fully saturated rings. The number of aliphatic hydroxyl groups excluding tert-OH is 1. The zero-order valence-electron chi connectivity index (χ0n) is 22.8. The third-order valence-electron chi connectivity index (χ3n) is 8.16. The summed E-state index contributed by atoms with van der Waals surface area (Å²) < 4.78 is 12.2. The molecule has 9 nitrogen and oxygen atoms in total. The van der Waals surface area contributed by atoms with Gasteiger partial charge in [0.1, 0.15) is 17.4 Å². The number of carbonyl (C=O) groups excluding carboxylic acids is 3. The van der Waals surface area contributed by atoms with Gasteiger partial charge in [-0.1, -0.05) is 13.8 Å². The van der Waals surface area contributed by atoms with Crippen LogP contribution in [0.4, 0.5) is 5.69 Å². The Morgan fingerprint density at radius 2 is 1.84 bits per heavy atom. The molecule has 3 amide bonds. The van der Waals surface area contributed by atoms with E-state index >= 15 is 0 Å². The molecule has 4 rings (SSSR count). The normalized spacial score (nSPS) is 31.3. The topological polar surface area (TPSA) is 117 Å². The summed E-state index contributed by atoms with van der Waals surface area (Å²) in [6.07, 6.45) is 2.11. The van der Waals surface area contributed by atoms with Crippen molar-refractivity contribution in [3.63, 3.8) is 0 Å². The predicted molar refractivity (Wildman–Crippen MR) is 139 cm³/mol. The first-order chi connectivity index (χ1) is 17.5. The Labute approximate surface area is 219 Å². The summed E-state index contributed by atoms with van der Waals surface area (Å²) in [6, 6.07) is 5.65. The Bertz CT molecular complexity index is 1030. The van der Waals surface area contributed by atoms with E-state index in [1.165, 1.54) is 4.90 Å². The maximum absolute atomic E-state index is 14.1. The predicted octanol–water partition coefficient (Wildman–Crippen LogP) is 2.86. The Kier molecular flexibility index (Phi) is 7.33. The van der Waals surface area contributed by atoms with Gasteiger partial charge in [0.2, 0.25) is 17.7 Å². The Balaban J connectivity index is 1.72. The van der Waals surface area contributed by atoms with E-state index in [0.717, 1.165) is 0 Å². The zero-order chi connectivity index (χ0) is 27.2. The zero-order valence-corrected chi connectivity index (χ0v) is 22.8. The van der Waals surface area contributed by atoms with Crippen molar-refractivity contribution in [3.05, 3.63) is 24.3 Å². The van der Waals surface area contributed by atoms with Gasteiger partial charge in [-0.2, -0.15) is 0 Å². The van der Waals surface area contributed by atoms with Gasteiger partial charge in [0, 0.05) is 11.2 Å². The van der Waals surface area contributed by atoms with Gasteiger partial charge in [-0.3, -0.25) is 14.4 Å². The molecule has 37 heavy (non-hydrogen) atoms. The van der Waals surface area contributed by atoms with Crippen molar-refractivity contribution in [1.29, 1.82) is 0 Å². The van der Waals surface area contributed by atoms with E-state index < -0.39 is 40.7 Å². The van der Waals surface area contributed by atoms with Crippen LogP contribution < -0.4 is 15.4 Å². The van der Waals surface area contributed by atoms with Crippen LogP contribution in [0, 0.1) is 11.8 Å². The number of hydrogen-bond acceptors (Lipinski definition) is 6. The van der Waals surface area contributed by atoms with Crippen LogP contribution in [0.2, 0.25) is 0 Å². The van der Waals surface area contributed by atoms with Gasteiger partial charge < -0.3 is 30.1 Å². The molecule has 3 aliphatic heterocycles. The fraction of sp³-hybridized carbons (Fsp3) is 0.679. The minimum Gasteiger partial charge on any atom is -0.494 e. The summed E-state index contributed by atoms with van der Waals surface area (Å²) >= 11 is 0. The first-order valence-electron chi connectivity index (χ1n) is 13.5. The molecule has 3 saturated heterocycles. The van der Waals surface area contributed by atoms with E-state index in [2.05, 4.69) is 10.6 Å². The van der Waals surface area contributed by atoms with E-state index in [4.69, 9.17) is 9.47 Å². The van der Waals surface area contributed by atoms with Gasteiger partial charge >= 0.3 is 0 Å². The summed E-state index contributed by atoms with van der Waals surface area (Å²) in [5.74, 6) is -1.75. The van der Waals surface area contributed by atoms with Gasteiger partial charge in [0.15, 0.2) is 0 Å². The molecule has 1 aromatic rings. The maximum atomic E-state index is 14.1. The average Bonchev–Trinajstić information content (AvgIpc) is 3.44. The van der Waals surface area contributed by atoms with E-state index in [9.17, 15) is 19.5 Å². The number of hydrogen-bond donors (Lipinski definition) is 3. The number of aliphatic hydroxyl groups is 1. The SMILES string of the molecule is CCOc1ccc(NC(=O)[C@@H]2[C@H]3C(=O)N([C@@H](CC)CO)C(C(=O)NC(C)(C)C)C34CC[C@@]2(CC)O4)cc1. The lowest BCUT2D eigenvalue weighted by molar-refractivity contribution is -0.150. The molecule has 2 unspecified atom stereocenters. The van der Waals surface area contributed by atoms with Crippen LogP contribution in [-0.4, -0.2) is 69.8 Å². The van der Waals surface area contributed by atoms with Crippen molar-refractivity contribution < 1.29 is 29.0 Å². The average molecular weight is 516 g/mol. The quantitative estimate of drug-likeness (QED) is 0.466. The number of anilines is 1. The monoisotopic (exact) mass is 515 g/mol. The van der Waals surface area contributed by atoms with E-state index in [0.29, 0.717) is 43.7 Å². The van der Waals surface area contributed by atoms with Gasteiger partial charge in [0.05, 0.1) is 36.7 Å². The third-order valence-corrected chi connectivity index (χ3v) is 8.16. The second-order valence-corrected chi connectivity index (χ2v) is 11.5. The minimum atomic E-state index is -1.12. The molecule has 0 aromatic heterocycles. The number of likely N-dealkylation sites (tertiary alicyclic amines) is 1. The molecular weight excluding hydrogens is 474 g/mol. The highest BCUT2D eigenvalue weighted by atomic mass is 16.5. The number of rotatable bonds is 9. The molecule has 3 aliphatic rings. The third kappa shape index (κ3) is 4.50. The van der Waals surface area contributed by atoms with Crippen molar-refractivity contribution in [2.75, 3.05) is 18.5 Å². The molecule has 3 N–H and O–H groups in total. The molecule has 204 valence electrons. The number of nitrogens with zero attached hydrogens (tertiary/aromatic N) is 1. The van der Waals surface area contributed by atoms with E-state index in [1.54, 1.807) is 24.3 Å². The summed E-state index contributed by atoms with van der Waals surface area (Å²) in [5.41, 5.74) is -1.87. The fourth-order valence-electron chi connectivity index (χ4n) is 6.62. The number of nitrogens with one attached hydrogen (secondary N) is 2. The van der Waals surface area contributed by atoms with Crippen LogP contribution >= 0.6 is 0 Å². The standard InChI is InChI=1S/C28H41N3O6/c1-7-18(16-32)31-22(24(34)30-26(4,5)6)28-15-14-27(8-2,37-28)20(21(28)25(31)35)23(33)29-17-10-12-19(13-11-17)36-9-3/h10-13,18,20-22,32H,7-9,14-16H2,1-6H3,(H,29,33)(H,30,34)/t18-,20-,21-,22?,27+,28?/m0/s1. The molecule has 1 spiro atoms. The fourth-order valence-corrected chi connectivity index (χ4v) is 6.62. The van der Waals surface area contributed by atoms with E-state index in [-0.39, 0.29) is 24.3 Å². The number of amides is 3. The first-order valence-corrected chi connectivity index (χ1v) is 13.5. The molecule has 6 atom stereocenters. The van der Waals surface area contributed by atoms with Gasteiger partial charge in [-0.15, -0.1) is 0 Å². The minimum absolute atomic E-state index is 0.272. The van der Waals surface area contributed by atoms with Crippen molar-refractivity contribution in [1.82, 2.24) is 10.2 Å². The van der Waals surface area contributed by atoms with Crippen LogP contribution in [0.1, 0.15) is 67.2 Å². The Morgan fingerprint density at radius 1 is 1.16 bits per heavy atom. The molecule has 2 bridgehead atoms. The van der Waals surface area contributed by atoms with Crippen molar-refractivity contribution in [2.45, 2.75) is 96.1 Å². The molecule has 9 heteroatoms. The highest BCUT2D eigenvalue weighted by Gasteiger charge is 2.79. The smallest absolute Gasteiger partial charge is 0.246 e. The molecule has 0 aliphatic carbocycles. The summed E-state index contributed by atoms with van der Waals surface area (Å²) in [6.45, 7) is 11.7. The summed E-state index contributed by atoms with van der Waals surface area (Å²) in [5, 5.41) is 16.2. The summed E-state index contributed by atoms with van der Waals surface area (Å²) in [7, 11) is 0. The van der Waals surface area contributed by atoms with E-state index in [1.807, 2.05) is 41.5 Å². The lowest BCUT2D eigenvalue weighted by Crippen LogP contribution is -2.60. The summed E-state index contributed by atoms with van der Waals surface area (Å²) in [4.78, 5) is 43.2. The van der Waals surface area contributed by atoms with Crippen LogP contribution in [0.15, 0.2) is 24.3 Å². The number of carbonyl (C=O) groups is 3. The molecule has 0 radical (unpaired) electrons. The van der Waals surface area contributed by atoms with Crippen molar-refractivity contribution >= 4 is 23.4 Å². The number of ether oxygens (including phenoxy) is 2. The van der Waals surface area contributed by atoms with Gasteiger partial charge in [0.25, 0.3) is 0 Å². The van der Waals surface area contributed by atoms with Gasteiger partial charge in [-0.05, 0) is 77.6 Å². The van der Waals surface area contributed by atoms with Crippen LogP contribution in [0.3, 0.4) is 0 Å². The highest BCUT2D eigenvalue weighted by Crippen LogP contribution is 2.64. The maximum Gasteiger partial charge on any atom is 0.246 e.